The fourth-order valence-electron chi connectivity index (χ4n) is 1.16. The molecule has 0 saturated heterocycles. The molecule has 0 fully saturated rings. The van der Waals surface area contributed by atoms with Gasteiger partial charge in [-0.1, -0.05) is 0 Å². The second kappa shape index (κ2) is 6.21. The smallest absolute Gasteiger partial charge is 0.303 e. The van der Waals surface area contributed by atoms with E-state index in [1.54, 1.807) is 7.11 Å². The zero-order chi connectivity index (χ0) is 12.8. The van der Waals surface area contributed by atoms with Gasteiger partial charge in [0.15, 0.2) is 0 Å². The van der Waals surface area contributed by atoms with Gasteiger partial charge in [0.05, 0.1) is 17.8 Å². The van der Waals surface area contributed by atoms with Crippen molar-refractivity contribution in [3.63, 3.8) is 0 Å². The molecule has 1 N–H and O–H groups in total. The lowest BCUT2D eigenvalue weighted by molar-refractivity contribution is -0.139. The first-order valence-electron chi connectivity index (χ1n) is 5.59. The average molecular weight is 232 g/mol. The molecule has 0 unspecified atom stereocenters. The Hall–Kier alpha value is -0.610. The lowest BCUT2D eigenvalue weighted by Gasteiger charge is -2.28. The number of carbonyl (C=O) groups is 1. The van der Waals surface area contributed by atoms with Crippen molar-refractivity contribution >= 4 is 5.97 Å². The SMILES string of the molecule is COC(C)(C)CCOC(C)(C)CCC(=O)O. The quantitative estimate of drug-likeness (QED) is 0.698. The van der Waals surface area contributed by atoms with Crippen LogP contribution >= 0.6 is 0 Å². The van der Waals surface area contributed by atoms with E-state index in [1.807, 2.05) is 27.7 Å². The van der Waals surface area contributed by atoms with Crippen LogP contribution in [0.2, 0.25) is 0 Å². The van der Waals surface area contributed by atoms with E-state index < -0.39 is 5.97 Å². The Morgan fingerprint density at radius 1 is 1.12 bits per heavy atom. The van der Waals surface area contributed by atoms with E-state index >= 15 is 0 Å². The normalized spacial score (nSPS) is 12.8. The maximum Gasteiger partial charge on any atom is 0.303 e. The summed E-state index contributed by atoms with van der Waals surface area (Å²) in [7, 11) is 1.68. The van der Waals surface area contributed by atoms with Gasteiger partial charge in [-0.15, -0.1) is 0 Å². The van der Waals surface area contributed by atoms with Gasteiger partial charge < -0.3 is 14.6 Å². The minimum Gasteiger partial charge on any atom is -0.481 e. The van der Waals surface area contributed by atoms with Crippen molar-refractivity contribution in [2.45, 2.75) is 58.2 Å². The number of rotatable bonds is 8. The largest absolute Gasteiger partial charge is 0.481 e. The van der Waals surface area contributed by atoms with Crippen molar-refractivity contribution in [1.82, 2.24) is 0 Å². The average Bonchev–Trinajstić information content (AvgIpc) is 2.14. The molecule has 4 heteroatoms. The predicted octanol–water partition coefficient (Wildman–Crippen LogP) is 2.46. The monoisotopic (exact) mass is 232 g/mol. The Bertz CT molecular complexity index is 221. The maximum atomic E-state index is 10.4. The molecule has 0 atom stereocenters. The minimum atomic E-state index is -0.783. The van der Waals surface area contributed by atoms with Crippen molar-refractivity contribution < 1.29 is 19.4 Å². The third kappa shape index (κ3) is 7.65. The number of hydrogen-bond donors (Lipinski definition) is 1. The zero-order valence-corrected chi connectivity index (χ0v) is 11.0. The van der Waals surface area contributed by atoms with Crippen LogP contribution in [0.15, 0.2) is 0 Å². The van der Waals surface area contributed by atoms with Gasteiger partial charge in [-0.05, 0) is 40.5 Å². The van der Waals surface area contributed by atoms with E-state index in [0.29, 0.717) is 13.0 Å². The molecule has 0 rings (SSSR count). The van der Waals surface area contributed by atoms with Crippen LogP contribution in [0.25, 0.3) is 0 Å². The standard InChI is InChI=1S/C12H24O4/c1-11(2,15-5)8-9-16-12(3,4)7-6-10(13)14/h6-9H2,1-5H3,(H,13,14). The molecule has 0 amide bonds. The highest BCUT2D eigenvalue weighted by Gasteiger charge is 2.22. The summed E-state index contributed by atoms with van der Waals surface area (Å²) in [5.74, 6) is -0.783. The van der Waals surface area contributed by atoms with Crippen LogP contribution in [-0.2, 0) is 14.3 Å². The second-order valence-electron chi connectivity index (χ2n) is 5.22. The lowest BCUT2D eigenvalue weighted by Crippen LogP contribution is -2.30. The van der Waals surface area contributed by atoms with Crippen LogP contribution < -0.4 is 0 Å². The van der Waals surface area contributed by atoms with Crippen molar-refractivity contribution in [2.24, 2.45) is 0 Å². The molecule has 0 spiro atoms. The molecule has 16 heavy (non-hydrogen) atoms. The van der Waals surface area contributed by atoms with Gasteiger partial charge in [0.25, 0.3) is 0 Å². The number of hydrogen-bond acceptors (Lipinski definition) is 3. The van der Waals surface area contributed by atoms with Crippen LogP contribution in [0.3, 0.4) is 0 Å². The minimum absolute atomic E-state index is 0.140. The number of carboxylic acids is 1. The molecule has 0 bridgehead atoms. The topological polar surface area (TPSA) is 55.8 Å². The Kier molecular flexibility index (Phi) is 5.97. The van der Waals surface area contributed by atoms with Gasteiger partial charge in [0, 0.05) is 13.5 Å². The summed E-state index contributed by atoms with van der Waals surface area (Å²) in [5.41, 5.74) is -0.578. The van der Waals surface area contributed by atoms with Crippen molar-refractivity contribution in [3.8, 4) is 0 Å². The van der Waals surface area contributed by atoms with Gasteiger partial charge in [0.2, 0.25) is 0 Å². The van der Waals surface area contributed by atoms with E-state index in [0.717, 1.165) is 6.42 Å². The molecule has 0 aliphatic carbocycles. The van der Waals surface area contributed by atoms with E-state index in [9.17, 15) is 4.79 Å². The molecular weight excluding hydrogens is 208 g/mol. The fraction of sp³-hybridized carbons (Fsp3) is 0.917. The molecule has 0 aromatic rings. The Morgan fingerprint density at radius 3 is 2.12 bits per heavy atom. The van der Waals surface area contributed by atoms with E-state index in [2.05, 4.69) is 0 Å². The molecule has 96 valence electrons. The van der Waals surface area contributed by atoms with E-state index in [-0.39, 0.29) is 17.6 Å². The lowest BCUT2D eigenvalue weighted by atomic mass is 10.0. The van der Waals surface area contributed by atoms with Gasteiger partial charge in [-0.25, -0.2) is 0 Å². The maximum absolute atomic E-state index is 10.4. The van der Waals surface area contributed by atoms with Crippen LogP contribution in [0.5, 0.6) is 0 Å². The zero-order valence-electron chi connectivity index (χ0n) is 11.0. The van der Waals surface area contributed by atoms with Gasteiger partial charge in [-0.2, -0.15) is 0 Å². The summed E-state index contributed by atoms with van der Waals surface area (Å²) in [5, 5.41) is 8.59. The highest BCUT2D eigenvalue weighted by Crippen LogP contribution is 2.20. The van der Waals surface area contributed by atoms with Crippen molar-refractivity contribution in [2.75, 3.05) is 13.7 Å². The Labute approximate surface area is 97.9 Å². The molecule has 4 nitrogen and oxygen atoms in total. The summed E-state index contributed by atoms with van der Waals surface area (Å²) in [6, 6.07) is 0. The predicted molar refractivity (Wildman–Crippen MR) is 62.6 cm³/mol. The van der Waals surface area contributed by atoms with Crippen LogP contribution in [0, 0.1) is 0 Å². The first kappa shape index (κ1) is 15.4. The molecule has 0 aliphatic heterocycles. The number of carboxylic acid groups (broad SMARTS) is 1. The molecule has 0 heterocycles. The van der Waals surface area contributed by atoms with Gasteiger partial charge >= 0.3 is 5.97 Å². The second-order valence-corrected chi connectivity index (χ2v) is 5.22. The summed E-state index contributed by atoms with van der Waals surface area (Å²) in [4.78, 5) is 10.4. The Balaban J connectivity index is 3.86. The number of ether oxygens (including phenoxy) is 2. The highest BCUT2D eigenvalue weighted by atomic mass is 16.5. The van der Waals surface area contributed by atoms with E-state index in [1.165, 1.54) is 0 Å². The molecular formula is C12H24O4. The van der Waals surface area contributed by atoms with Crippen LogP contribution in [0.1, 0.15) is 47.0 Å². The molecule has 0 aromatic heterocycles. The highest BCUT2D eigenvalue weighted by molar-refractivity contribution is 5.66. The van der Waals surface area contributed by atoms with Gasteiger partial charge in [0.1, 0.15) is 0 Å². The summed E-state index contributed by atoms with van der Waals surface area (Å²) < 4.78 is 11.0. The number of aliphatic carboxylic acids is 1. The molecule has 0 radical (unpaired) electrons. The first-order chi connectivity index (χ1) is 7.18. The first-order valence-corrected chi connectivity index (χ1v) is 5.59. The summed E-state index contributed by atoms with van der Waals surface area (Å²) >= 11 is 0. The summed E-state index contributed by atoms with van der Waals surface area (Å²) in [6.45, 7) is 8.40. The van der Waals surface area contributed by atoms with E-state index in [4.69, 9.17) is 14.6 Å². The van der Waals surface area contributed by atoms with Crippen molar-refractivity contribution in [3.05, 3.63) is 0 Å². The third-order valence-electron chi connectivity index (χ3n) is 2.69. The molecule has 0 saturated carbocycles. The third-order valence-corrected chi connectivity index (χ3v) is 2.69. The van der Waals surface area contributed by atoms with Gasteiger partial charge in [-0.3, -0.25) is 4.79 Å². The molecule has 0 aromatic carbocycles. The van der Waals surface area contributed by atoms with Crippen LogP contribution in [0.4, 0.5) is 0 Å². The Morgan fingerprint density at radius 2 is 1.69 bits per heavy atom. The molecule has 0 aliphatic rings. The summed E-state index contributed by atoms with van der Waals surface area (Å²) in [6.07, 6.45) is 1.45. The van der Waals surface area contributed by atoms with Crippen LogP contribution in [-0.4, -0.2) is 36.0 Å². The fourth-order valence-corrected chi connectivity index (χ4v) is 1.16. The van der Waals surface area contributed by atoms with Crippen molar-refractivity contribution in [1.29, 1.82) is 0 Å². The number of methoxy groups -OCH3 is 1.